The first kappa shape index (κ1) is 20.0. The summed E-state index contributed by atoms with van der Waals surface area (Å²) in [6, 6.07) is 5.22. The molecule has 1 saturated heterocycles. The Morgan fingerprint density at radius 3 is 2.50 bits per heavy atom. The van der Waals surface area contributed by atoms with Crippen LogP contribution in [0.1, 0.15) is 20.3 Å². The highest BCUT2D eigenvalue weighted by molar-refractivity contribution is 7.91. The van der Waals surface area contributed by atoms with Gasteiger partial charge in [-0.25, -0.2) is 13.2 Å². The van der Waals surface area contributed by atoms with Crippen LogP contribution in [0.4, 0.5) is 10.5 Å². The van der Waals surface area contributed by atoms with Gasteiger partial charge in [-0.15, -0.1) is 0 Å². The fourth-order valence-electron chi connectivity index (χ4n) is 2.77. The van der Waals surface area contributed by atoms with Crippen molar-refractivity contribution in [3.05, 3.63) is 24.3 Å². The van der Waals surface area contributed by atoms with Gasteiger partial charge in [-0.05, 0) is 24.5 Å². The molecule has 1 fully saturated rings. The Hall–Kier alpha value is -2.29. The molecule has 1 aromatic carbocycles. The van der Waals surface area contributed by atoms with Gasteiger partial charge in [0.05, 0.1) is 24.3 Å². The SMILES string of the molecule is COc1ccccc1NC(=O)[C@H](NC(=O)NC1CCS(=O)(=O)C1)C(C)C. The highest BCUT2D eigenvalue weighted by atomic mass is 32.2. The zero-order valence-electron chi connectivity index (χ0n) is 15.1. The summed E-state index contributed by atoms with van der Waals surface area (Å²) in [7, 11) is -1.58. The first-order valence-corrected chi connectivity index (χ1v) is 10.3. The lowest BCUT2D eigenvalue weighted by atomic mass is 10.0. The van der Waals surface area contributed by atoms with Crippen LogP contribution >= 0.6 is 0 Å². The Kier molecular flexibility index (Phi) is 6.47. The number of methoxy groups -OCH3 is 1. The van der Waals surface area contributed by atoms with Crippen LogP contribution in [0.5, 0.6) is 5.75 Å². The second kappa shape index (κ2) is 8.39. The minimum atomic E-state index is -3.09. The minimum Gasteiger partial charge on any atom is -0.495 e. The summed E-state index contributed by atoms with van der Waals surface area (Å²) in [5, 5.41) is 8.01. The topological polar surface area (TPSA) is 114 Å². The van der Waals surface area contributed by atoms with E-state index in [1.54, 1.807) is 24.3 Å². The molecule has 0 aliphatic carbocycles. The Labute approximate surface area is 153 Å². The largest absolute Gasteiger partial charge is 0.495 e. The van der Waals surface area contributed by atoms with E-state index in [2.05, 4.69) is 16.0 Å². The molecular formula is C17H25N3O5S. The van der Waals surface area contributed by atoms with Crippen molar-refractivity contribution < 1.29 is 22.7 Å². The second-order valence-electron chi connectivity index (χ2n) is 6.63. The van der Waals surface area contributed by atoms with Gasteiger partial charge in [0, 0.05) is 6.04 Å². The normalized spacial score (nSPS) is 19.6. The average molecular weight is 383 g/mol. The van der Waals surface area contributed by atoms with Crippen LogP contribution in [-0.2, 0) is 14.6 Å². The molecule has 3 amide bonds. The summed E-state index contributed by atoms with van der Waals surface area (Å²) in [5.74, 6) is -0.0227. The van der Waals surface area contributed by atoms with Gasteiger partial charge < -0.3 is 20.7 Å². The molecule has 0 bridgehead atoms. The van der Waals surface area contributed by atoms with Gasteiger partial charge in [-0.3, -0.25) is 4.79 Å². The van der Waals surface area contributed by atoms with Crippen molar-refractivity contribution in [1.82, 2.24) is 10.6 Å². The predicted molar refractivity (Wildman–Crippen MR) is 99.0 cm³/mol. The maximum absolute atomic E-state index is 12.6. The quantitative estimate of drug-likeness (QED) is 0.682. The molecule has 1 aromatic rings. The molecule has 8 nitrogen and oxygen atoms in total. The van der Waals surface area contributed by atoms with Crippen molar-refractivity contribution in [2.75, 3.05) is 23.9 Å². The van der Waals surface area contributed by atoms with Crippen LogP contribution in [-0.4, -0.2) is 51.1 Å². The highest BCUT2D eigenvalue weighted by Crippen LogP contribution is 2.23. The monoisotopic (exact) mass is 383 g/mol. The number of hydrogen-bond donors (Lipinski definition) is 3. The van der Waals surface area contributed by atoms with E-state index in [0.717, 1.165) is 0 Å². The summed E-state index contributed by atoms with van der Waals surface area (Å²) in [6.07, 6.45) is 0.384. The van der Waals surface area contributed by atoms with E-state index in [1.165, 1.54) is 7.11 Å². The van der Waals surface area contributed by atoms with Gasteiger partial charge in [0.15, 0.2) is 9.84 Å². The number of urea groups is 1. The van der Waals surface area contributed by atoms with Crippen LogP contribution in [0.2, 0.25) is 0 Å². The molecule has 1 aliphatic heterocycles. The fraction of sp³-hybridized carbons (Fsp3) is 0.529. The second-order valence-corrected chi connectivity index (χ2v) is 8.86. The van der Waals surface area contributed by atoms with E-state index in [1.807, 2.05) is 13.8 Å². The Morgan fingerprint density at radius 2 is 1.92 bits per heavy atom. The molecule has 2 rings (SSSR count). The van der Waals surface area contributed by atoms with Gasteiger partial charge in [0.2, 0.25) is 5.91 Å². The van der Waals surface area contributed by atoms with E-state index in [-0.39, 0.29) is 23.3 Å². The van der Waals surface area contributed by atoms with E-state index in [9.17, 15) is 18.0 Å². The predicted octanol–water partition coefficient (Wildman–Crippen LogP) is 1.14. The lowest BCUT2D eigenvalue weighted by Gasteiger charge is -2.23. The van der Waals surface area contributed by atoms with Gasteiger partial charge in [0.25, 0.3) is 0 Å². The highest BCUT2D eigenvalue weighted by Gasteiger charge is 2.31. The van der Waals surface area contributed by atoms with Gasteiger partial charge >= 0.3 is 6.03 Å². The smallest absolute Gasteiger partial charge is 0.315 e. The van der Waals surface area contributed by atoms with Crippen LogP contribution in [0.25, 0.3) is 0 Å². The van der Waals surface area contributed by atoms with E-state index < -0.39 is 28.0 Å². The zero-order chi connectivity index (χ0) is 19.3. The third-order valence-electron chi connectivity index (χ3n) is 4.17. The molecule has 144 valence electrons. The Morgan fingerprint density at radius 1 is 1.23 bits per heavy atom. The molecule has 9 heteroatoms. The maximum Gasteiger partial charge on any atom is 0.315 e. The van der Waals surface area contributed by atoms with E-state index >= 15 is 0 Å². The number of carbonyl (C=O) groups excluding carboxylic acids is 2. The van der Waals surface area contributed by atoms with E-state index in [4.69, 9.17) is 4.74 Å². The molecular weight excluding hydrogens is 358 g/mol. The number of anilines is 1. The fourth-order valence-corrected chi connectivity index (χ4v) is 4.44. The molecule has 3 N–H and O–H groups in total. The maximum atomic E-state index is 12.6. The number of benzene rings is 1. The summed E-state index contributed by atoms with van der Waals surface area (Å²) >= 11 is 0. The molecule has 1 unspecified atom stereocenters. The Balaban J connectivity index is 1.99. The van der Waals surface area contributed by atoms with Crippen molar-refractivity contribution in [2.24, 2.45) is 5.92 Å². The van der Waals surface area contributed by atoms with Gasteiger partial charge in [-0.2, -0.15) is 0 Å². The number of ether oxygens (including phenoxy) is 1. The lowest BCUT2D eigenvalue weighted by Crippen LogP contribution is -2.52. The molecule has 1 heterocycles. The number of hydrogen-bond acceptors (Lipinski definition) is 5. The summed E-state index contributed by atoms with van der Waals surface area (Å²) < 4.78 is 28.2. The lowest BCUT2D eigenvalue weighted by molar-refractivity contribution is -0.118. The van der Waals surface area contributed by atoms with Crippen LogP contribution < -0.4 is 20.7 Å². The van der Waals surface area contributed by atoms with Crippen molar-refractivity contribution in [3.8, 4) is 5.75 Å². The minimum absolute atomic E-state index is 0.0693. The number of para-hydroxylation sites is 2. The van der Waals surface area contributed by atoms with Crippen molar-refractivity contribution in [3.63, 3.8) is 0 Å². The molecule has 0 radical (unpaired) electrons. The third kappa shape index (κ3) is 5.35. The molecule has 0 saturated carbocycles. The standard InChI is InChI=1S/C17H25N3O5S/c1-11(2)15(16(21)19-13-6-4-5-7-14(13)25-3)20-17(22)18-12-8-9-26(23,24)10-12/h4-7,11-12,15H,8-10H2,1-3H3,(H,19,21)(H2,18,20,22)/t12?,15-/m1/s1. The molecule has 1 aliphatic rings. The number of carbonyl (C=O) groups is 2. The molecule has 0 aromatic heterocycles. The number of amides is 3. The van der Waals surface area contributed by atoms with Crippen LogP contribution in [0.3, 0.4) is 0 Å². The number of sulfone groups is 1. The van der Waals surface area contributed by atoms with Crippen LogP contribution in [0.15, 0.2) is 24.3 Å². The Bertz CT molecular complexity index is 763. The number of nitrogens with one attached hydrogen (secondary N) is 3. The van der Waals surface area contributed by atoms with Crippen molar-refractivity contribution >= 4 is 27.5 Å². The molecule has 0 spiro atoms. The summed E-state index contributed by atoms with van der Waals surface area (Å²) in [5.41, 5.74) is 0.509. The van der Waals surface area contributed by atoms with E-state index in [0.29, 0.717) is 17.9 Å². The first-order valence-electron chi connectivity index (χ1n) is 8.43. The third-order valence-corrected chi connectivity index (χ3v) is 5.94. The van der Waals surface area contributed by atoms with Gasteiger partial charge in [-0.1, -0.05) is 26.0 Å². The number of rotatable bonds is 6. The molecule has 26 heavy (non-hydrogen) atoms. The van der Waals surface area contributed by atoms with Crippen molar-refractivity contribution in [2.45, 2.75) is 32.4 Å². The van der Waals surface area contributed by atoms with Crippen molar-refractivity contribution in [1.29, 1.82) is 0 Å². The summed E-state index contributed by atoms with van der Waals surface area (Å²) in [6.45, 7) is 3.62. The van der Waals surface area contributed by atoms with Gasteiger partial charge in [0.1, 0.15) is 11.8 Å². The van der Waals surface area contributed by atoms with Crippen LogP contribution in [0, 0.1) is 5.92 Å². The molecule has 2 atom stereocenters. The zero-order valence-corrected chi connectivity index (χ0v) is 15.9. The summed E-state index contributed by atoms with van der Waals surface area (Å²) in [4.78, 5) is 24.8. The average Bonchev–Trinajstić information content (AvgIpc) is 2.91. The first-order chi connectivity index (χ1) is 12.2.